The van der Waals surface area contributed by atoms with Crippen LogP contribution in [0.1, 0.15) is 35.4 Å². The molecule has 3 heterocycles. The lowest BCUT2D eigenvalue weighted by atomic mass is 10.0. The summed E-state index contributed by atoms with van der Waals surface area (Å²) >= 11 is 0. The molecule has 3 aromatic rings. The number of amides is 1. The molecule has 0 saturated carbocycles. The number of benzene rings is 2. The molecule has 1 amide bonds. The van der Waals surface area contributed by atoms with Gasteiger partial charge in [-0.1, -0.05) is 0 Å². The number of nitrogens with zero attached hydrogens (tertiary/aromatic N) is 5. The number of aromatic nitrogens is 2. The highest BCUT2D eigenvalue weighted by Gasteiger charge is 2.29. The van der Waals surface area contributed by atoms with Gasteiger partial charge in [0.05, 0.1) is 30.4 Å². The van der Waals surface area contributed by atoms with Crippen LogP contribution in [-0.4, -0.2) is 85.2 Å². The van der Waals surface area contributed by atoms with Crippen molar-refractivity contribution in [3.05, 3.63) is 59.3 Å². The molecule has 196 valence electrons. The number of anilines is 1. The quantitative estimate of drug-likeness (QED) is 0.500. The lowest BCUT2D eigenvalue weighted by Crippen LogP contribution is -2.36. The molecule has 1 unspecified atom stereocenters. The van der Waals surface area contributed by atoms with Crippen molar-refractivity contribution in [1.82, 2.24) is 19.8 Å². The first kappa shape index (κ1) is 25.3. The summed E-state index contributed by atoms with van der Waals surface area (Å²) in [7, 11) is 4.04. The third-order valence-electron chi connectivity index (χ3n) is 7.07. The van der Waals surface area contributed by atoms with Crippen molar-refractivity contribution in [2.75, 3.05) is 58.4 Å². The number of ether oxygens (including phenoxy) is 2. The maximum atomic E-state index is 13.8. The van der Waals surface area contributed by atoms with Gasteiger partial charge in [-0.3, -0.25) is 9.78 Å². The van der Waals surface area contributed by atoms with Gasteiger partial charge in [0, 0.05) is 49.4 Å². The Labute approximate surface area is 214 Å². The summed E-state index contributed by atoms with van der Waals surface area (Å²) in [4.78, 5) is 29.1. The summed E-state index contributed by atoms with van der Waals surface area (Å²) in [6.45, 7) is 5.76. The average molecular weight is 512 g/mol. The molecule has 0 aliphatic carbocycles. The van der Waals surface area contributed by atoms with Crippen LogP contribution >= 0.6 is 0 Å². The van der Waals surface area contributed by atoms with E-state index in [0.29, 0.717) is 73.4 Å². The van der Waals surface area contributed by atoms with Crippen molar-refractivity contribution in [1.29, 1.82) is 0 Å². The Balaban J connectivity index is 1.52. The second kappa shape index (κ2) is 10.5. The van der Waals surface area contributed by atoms with Crippen LogP contribution < -0.4 is 9.64 Å². The minimum Gasteiger partial charge on any atom is -0.486 e. The van der Waals surface area contributed by atoms with E-state index >= 15 is 0 Å². The fraction of sp³-hybridized carbons (Fsp3) is 0.444. The number of likely N-dealkylation sites (tertiary alicyclic amines) is 1. The minimum absolute atomic E-state index is 0.0772. The fourth-order valence-corrected chi connectivity index (χ4v) is 4.86. The van der Waals surface area contributed by atoms with Gasteiger partial charge in [0.25, 0.3) is 5.91 Å². The average Bonchev–Trinajstić information content (AvgIpc) is 3.41. The molecular formula is C27H31F2N5O3. The van der Waals surface area contributed by atoms with Gasteiger partial charge >= 0.3 is 0 Å². The first-order valence-electron chi connectivity index (χ1n) is 12.5. The number of hydrogen-bond acceptors (Lipinski definition) is 7. The largest absolute Gasteiger partial charge is 0.486 e. The van der Waals surface area contributed by atoms with Gasteiger partial charge in [-0.2, -0.15) is 0 Å². The Bertz CT molecular complexity index is 1300. The van der Waals surface area contributed by atoms with Crippen molar-refractivity contribution in [2.24, 2.45) is 0 Å². The summed E-state index contributed by atoms with van der Waals surface area (Å²) in [6.07, 6.45) is 2.02. The van der Waals surface area contributed by atoms with Gasteiger partial charge in [0.2, 0.25) is 0 Å². The van der Waals surface area contributed by atoms with Gasteiger partial charge in [0.1, 0.15) is 17.7 Å². The summed E-state index contributed by atoms with van der Waals surface area (Å²) in [5.74, 6) is -1.11. The summed E-state index contributed by atoms with van der Waals surface area (Å²) in [5.41, 5.74) is 2.32. The maximum absolute atomic E-state index is 13.8. The van der Waals surface area contributed by atoms with Crippen LogP contribution in [0.2, 0.25) is 0 Å². The topological polar surface area (TPSA) is 71.0 Å². The number of likely N-dealkylation sites (N-methyl/N-ethyl adjacent to an activating group) is 1. The molecular weight excluding hydrogens is 480 g/mol. The van der Waals surface area contributed by atoms with E-state index in [1.54, 1.807) is 25.3 Å². The predicted molar refractivity (Wildman–Crippen MR) is 136 cm³/mol. The first-order chi connectivity index (χ1) is 17.8. The number of hydrogen-bond donors (Lipinski definition) is 0. The molecule has 37 heavy (non-hydrogen) atoms. The third-order valence-corrected chi connectivity index (χ3v) is 7.07. The van der Waals surface area contributed by atoms with Crippen LogP contribution in [0.25, 0.3) is 11.0 Å². The van der Waals surface area contributed by atoms with E-state index in [1.807, 2.05) is 19.0 Å². The molecule has 0 spiro atoms. The Morgan fingerprint density at radius 2 is 1.92 bits per heavy atom. The number of carbonyl (C=O) groups excluding carboxylic acids is 1. The van der Waals surface area contributed by atoms with E-state index < -0.39 is 17.7 Å². The van der Waals surface area contributed by atoms with E-state index in [2.05, 4.69) is 14.8 Å². The summed E-state index contributed by atoms with van der Waals surface area (Å²) in [6, 6.07) is 7.29. The van der Waals surface area contributed by atoms with Crippen molar-refractivity contribution in [3.63, 3.8) is 0 Å². The number of morpholine rings is 1. The van der Waals surface area contributed by atoms with E-state index in [4.69, 9.17) is 14.5 Å². The summed E-state index contributed by atoms with van der Waals surface area (Å²) < 4.78 is 38.7. The number of fused-ring (bicyclic) bond motifs is 1. The Hall–Kier alpha value is -3.37. The molecule has 2 aromatic carbocycles. The van der Waals surface area contributed by atoms with Crippen LogP contribution in [0.5, 0.6) is 5.75 Å². The second-order valence-electron chi connectivity index (χ2n) is 9.75. The zero-order valence-corrected chi connectivity index (χ0v) is 21.3. The zero-order valence-electron chi connectivity index (χ0n) is 21.3. The molecule has 2 atom stereocenters. The Morgan fingerprint density at radius 3 is 2.62 bits per heavy atom. The molecule has 1 aromatic heterocycles. The molecule has 2 saturated heterocycles. The van der Waals surface area contributed by atoms with Crippen LogP contribution in [0.4, 0.5) is 14.6 Å². The SMILES string of the molecule is CC(Oc1ccc(F)c(F)c1)c1cc(C(=O)N2CC[C@@H](N(C)C)C2)cc2ncc(N3CCOCC3)nc12. The number of carbonyl (C=O) groups is 1. The van der Waals surface area contributed by atoms with E-state index in [-0.39, 0.29) is 11.7 Å². The molecule has 2 fully saturated rings. The van der Waals surface area contributed by atoms with E-state index in [1.165, 1.54) is 6.07 Å². The lowest BCUT2D eigenvalue weighted by molar-refractivity contribution is 0.0783. The highest BCUT2D eigenvalue weighted by Crippen LogP contribution is 2.31. The van der Waals surface area contributed by atoms with E-state index in [0.717, 1.165) is 18.6 Å². The number of rotatable bonds is 6. The summed E-state index contributed by atoms with van der Waals surface area (Å²) in [5, 5.41) is 0. The second-order valence-corrected chi connectivity index (χ2v) is 9.75. The molecule has 0 radical (unpaired) electrons. The van der Waals surface area contributed by atoms with Crippen LogP contribution in [0, 0.1) is 11.6 Å². The standard InChI is InChI=1S/C27H31F2N5O3/c1-17(37-20-4-5-22(28)23(29)14-20)21-12-18(27(35)34-7-6-19(16-34)32(2)3)13-24-26(21)31-25(15-30-24)33-8-10-36-11-9-33/h4-5,12-15,17,19H,6-11,16H2,1-3H3/t17?,19-/m1/s1. The molecule has 10 heteroatoms. The number of halogens is 2. The van der Waals surface area contributed by atoms with Crippen LogP contribution in [0.15, 0.2) is 36.5 Å². The van der Waals surface area contributed by atoms with Crippen molar-refractivity contribution in [2.45, 2.75) is 25.5 Å². The van der Waals surface area contributed by atoms with Crippen LogP contribution in [0.3, 0.4) is 0 Å². The van der Waals surface area contributed by atoms with Crippen molar-refractivity contribution in [3.8, 4) is 5.75 Å². The lowest BCUT2D eigenvalue weighted by Gasteiger charge is -2.28. The van der Waals surface area contributed by atoms with Crippen molar-refractivity contribution >= 4 is 22.8 Å². The molecule has 5 rings (SSSR count). The molecule has 0 N–H and O–H groups in total. The molecule has 0 bridgehead atoms. The highest BCUT2D eigenvalue weighted by atomic mass is 19.2. The van der Waals surface area contributed by atoms with Crippen LogP contribution in [-0.2, 0) is 4.74 Å². The minimum atomic E-state index is -0.989. The van der Waals surface area contributed by atoms with Crippen molar-refractivity contribution < 1.29 is 23.0 Å². The molecule has 2 aliphatic rings. The Morgan fingerprint density at radius 1 is 1.14 bits per heavy atom. The first-order valence-corrected chi connectivity index (χ1v) is 12.5. The maximum Gasteiger partial charge on any atom is 0.253 e. The highest BCUT2D eigenvalue weighted by molar-refractivity contribution is 5.98. The zero-order chi connectivity index (χ0) is 26.1. The molecule has 8 nitrogen and oxygen atoms in total. The fourth-order valence-electron chi connectivity index (χ4n) is 4.86. The van der Waals surface area contributed by atoms with Gasteiger partial charge in [-0.25, -0.2) is 13.8 Å². The Kier molecular flexibility index (Phi) is 7.21. The third kappa shape index (κ3) is 5.35. The normalized spacial score (nSPS) is 19.0. The van der Waals surface area contributed by atoms with E-state index in [9.17, 15) is 13.6 Å². The monoisotopic (exact) mass is 511 g/mol. The van der Waals surface area contributed by atoms with Gasteiger partial charge in [-0.15, -0.1) is 0 Å². The smallest absolute Gasteiger partial charge is 0.253 e. The van der Waals surface area contributed by atoms with Gasteiger partial charge < -0.3 is 24.2 Å². The molecule has 2 aliphatic heterocycles. The van der Waals surface area contributed by atoms with Gasteiger partial charge in [0.15, 0.2) is 11.6 Å². The predicted octanol–water partition coefficient (Wildman–Crippen LogP) is 3.66. The van der Waals surface area contributed by atoms with Gasteiger partial charge in [-0.05, 0) is 51.7 Å².